The molecule has 0 saturated heterocycles. The van der Waals surface area contributed by atoms with Crippen molar-refractivity contribution in [2.75, 3.05) is 0 Å². The lowest BCUT2D eigenvalue weighted by Gasteiger charge is -2.03. The number of aromatic amines is 1. The fourth-order valence-electron chi connectivity index (χ4n) is 2.09. The van der Waals surface area contributed by atoms with E-state index in [-0.39, 0.29) is 5.91 Å². The highest BCUT2D eigenvalue weighted by Crippen LogP contribution is 2.20. The molecular weight excluding hydrogens is 378 g/mol. The Bertz CT molecular complexity index is 813. The predicted molar refractivity (Wildman–Crippen MR) is 94.3 cm³/mol. The van der Waals surface area contributed by atoms with E-state index >= 15 is 0 Å². The zero-order valence-electron chi connectivity index (χ0n) is 12.0. The van der Waals surface area contributed by atoms with Crippen LogP contribution in [-0.4, -0.2) is 16.1 Å². The van der Waals surface area contributed by atoms with E-state index in [4.69, 9.17) is 11.6 Å². The molecule has 0 bridgehead atoms. The number of halogens is 2. The van der Waals surface area contributed by atoms with E-state index in [2.05, 4.69) is 31.4 Å². The summed E-state index contributed by atoms with van der Waals surface area (Å²) in [6.07, 6.45) is 0. The normalized spacial score (nSPS) is 10.5. The average molecular weight is 391 g/mol. The van der Waals surface area contributed by atoms with E-state index in [9.17, 15) is 4.79 Å². The molecule has 3 rings (SSSR count). The second-order valence-corrected chi connectivity index (χ2v) is 6.34. The van der Waals surface area contributed by atoms with Crippen LogP contribution in [0.15, 0.2) is 59.1 Å². The van der Waals surface area contributed by atoms with Crippen molar-refractivity contribution >= 4 is 33.4 Å². The van der Waals surface area contributed by atoms with Gasteiger partial charge in [0.05, 0.1) is 5.69 Å². The Labute approximate surface area is 147 Å². The number of carbonyl (C=O) groups is 1. The first-order valence-corrected chi connectivity index (χ1v) is 8.13. The number of H-pyrrole nitrogens is 1. The number of amides is 1. The molecule has 1 heterocycles. The highest BCUT2D eigenvalue weighted by molar-refractivity contribution is 9.10. The number of rotatable bonds is 4. The van der Waals surface area contributed by atoms with Gasteiger partial charge in [0, 0.05) is 21.6 Å². The molecule has 2 aromatic carbocycles. The van der Waals surface area contributed by atoms with E-state index in [1.165, 1.54) is 0 Å². The van der Waals surface area contributed by atoms with Gasteiger partial charge in [-0.1, -0.05) is 51.8 Å². The number of carbonyl (C=O) groups excluding carboxylic acids is 1. The van der Waals surface area contributed by atoms with Gasteiger partial charge in [-0.3, -0.25) is 9.89 Å². The van der Waals surface area contributed by atoms with Gasteiger partial charge in [-0.25, -0.2) is 0 Å². The summed E-state index contributed by atoms with van der Waals surface area (Å²) in [6, 6.07) is 16.8. The monoisotopic (exact) mass is 389 g/mol. The average Bonchev–Trinajstić information content (AvgIpc) is 3.05. The highest BCUT2D eigenvalue weighted by Gasteiger charge is 2.10. The molecule has 3 aromatic rings. The summed E-state index contributed by atoms with van der Waals surface area (Å²) in [4.78, 5) is 12.2. The molecule has 4 nitrogen and oxygen atoms in total. The molecule has 2 N–H and O–H groups in total. The third-order valence-corrected chi connectivity index (χ3v) is 4.11. The third-order valence-electron chi connectivity index (χ3n) is 3.33. The summed E-state index contributed by atoms with van der Waals surface area (Å²) < 4.78 is 1.01. The quantitative estimate of drug-likeness (QED) is 0.692. The lowest BCUT2D eigenvalue weighted by atomic mass is 10.1. The standard InChI is InChI=1S/C17H13BrClN3O/c18-13-5-1-11(2-6-13)10-20-17(23)16-9-15(21-22-16)12-3-7-14(19)8-4-12/h1-9H,10H2,(H,20,23)(H,21,22). The predicted octanol–water partition coefficient (Wildman–Crippen LogP) is 4.42. The van der Waals surface area contributed by atoms with Gasteiger partial charge in [0.2, 0.25) is 0 Å². The molecule has 6 heteroatoms. The topological polar surface area (TPSA) is 57.8 Å². The number of aromatic nitrogens is 2. The molecule has 116 valence electrons. The van der Waals surface area contributed by atoms with Crippen molar-refractivity contribution in [3.63, 3.8) is 0 Å². The summed E-state index contributed by atoms with van der Waals surface area (Å²) in [5.41, 5.74) is 3.05. The van der Waals surface area contributed by atoms with Gasteiger partial charge < -0.3 is 5.32 Å². The van der Waals surface area contributed by atoms with Crippen molar-refractivity contribution in [1.82, 2.24) is 15.5 Å². The van der Waals surface area contributed by atoms with Gasteiger partial charge in [0.15, 0.2) is 0 Å². The highest BCUT2D eigenvalue weighted by atomic mass is 79.9. The summed E-state index contributed by atoms with van der Waals surface area (Å²) in [7, 11) is 0. The number of hydrogen-bond donors (Lipinski definition) is 2. The van der Waals surface area contributed by atoms with Crippen LogP contribution in [0.5, 0.6) is 0 Å². The number of nitrogens with one attached hydrogen (secondary N) is 2. The zero-order valence-corrected chi connectivity index (χ0v) is 14.4. The minimum Gasteiger partial charge on any atom is -0.347 e. The van der Waals surface area contributed by atoms with Crippen LogP contribution in [-0.2, 0) is 6.54 Å². The van der Waals surface area contributed by atoms with Crippen LogP contribution in [0.25, 0.3) is 11.3 Å². The second-order valence-electron chi connectivity index (χ2n) is 4.98. The Hall–Kier alpha value is -2.11. The largest absolute Gasteiger partial charge is 0.347 e. The molecule has 0 radical (unpaired) electrons. The zero-order chi connectivity index (χ0) is 16.2. The summed E-state index contributed by atoms with van der Waals surface area (Å²) >= 11 is 9.25. The van der Waals surface area contributed by atoms with Gasteiger partial charge in [-0.05, 0) is 35.9 Å². The molecular formula is C17H13BrClN3O. The second kappa shape index (κ2) is 6.98. The van der Waals surface area contributed by atoms with E-state index in [0.717, 1.165) is 15.6 Å². The van der Waals surface area contributed by atoms with E-state index < -0.39 is 0 Å². The van der Waals surface area contributed by atoms with E-state index in [1.807, 2.05) is 36.4 Å². The lowest BCUT2D eigenvalue weighted by molar-refractivity contribution is 0.0946. The Morgan fingerprint density at radius 3 is 2.52 bits per heavy atom. The van der Waals surface area contributed by atoms with Gasteiger partial charge in [-0.2, -0.15) is 5.10 Å². The number of hydrogen-bond acceptors (Lipinski definition) is 2. The fraction of sp³-hybridized carbons (Fsp3) is 0.0588. The Morgan fingerprint density at radius 1 is 1.13 bits per heavy atom. The Balaban J connectivity index is 1.66. The fourth-order valence-corrected chi connectivity index (χ4v) is 2.48. The molecule has 0 saturated carbocycles. The molecule has 1 amide bonds. The molecule has 1 aromatic heterocycles. The maximum absolute atomic E-state index is 12.2. The first-order chi connectivity index (χ1) is 11.1. The van der Waals surface area contributed by atoms with Crippen LogP contribution in [0.3, 0.4) is 0 Å². The summed E-state index contributed by atoms with van der Waals surface area (Å²) in [5, 5.41) is 10.5. The van der Waals surface area contributed by atoms with Crippen molar-refractivity contribution in [3.8, 4) is 11.3 Å². The number of nitrogens with zero attached hydrogens (tertiary/aromatic N) is 1. The maximum Gasteiger partial charge on any atom is 0.269 e. The maximum atomic E-state index is 12.2. The third kappa shape index (κ3) is 4.00. The first-order valence-electron chi connectivity index (χ1n) is 6.96. The molecule has 0 unspecified atom stereocenters. The van der Waals surface area contributed by atoms with Crippen LogP contribution >= 0.6 is 27.5 Å². The van der Waals surface area contributed by atoms with Gasteiger partial charge in [0.1, 0.15) is 5.69 Å². The van der Waals surface area contributed by atoms with Crippen molar-refractivity contribution in [1.29, 1.82) is 0 Å². The van der Waals surface area contributed by atoms with Crippen LogP contribution in [0.1, 0.15) is 16.1 Å². The molecule has 0 aliphatic heterocycles. The number of benzene rings is 2. The minimum atomic E-state index is -0.194. The Kier molecular flexibility index (Phi) is 4.79. The van der Waals surface area contributed by atoms with Crippen LogP contribution in [0.4, 0.5) is 0 Å². The molecule has 0 atom stereocenters. The first kappa shape index (κ1) is 15.8. The van der Waals surface area contributed by atoms with E-state index in [0.29, 0.717) is 23.0 Å². The van der Waals surface area contributed by atoms with Gasteiger partial charge in [-0.15, -0.1) is 0 Å². The molecule has 23 heavy (non-hydrogen) atoms. The summed E-state index contributed by atoms with van der Waals surface area (Å²) in [6.45, 7) is 0.460. The van der Waals surface area contributed by atoms with E-state index in [1.54, 1.807) is 18.2 Å². The molecule has 0 aliphatic carbocycles. The molecule has 0 aliphatic rings. The van der Waals surface area contributed by atoms with Gasteiger partial charge >= 0.3 is 0 Å². The van der Waals surface area contributed by atoms with Crippen molar-refractivity contribution in [2.24, 2.45) is 0 Å². The van der Waals surface area contributed by atoms with Gasteiger partial charge in [0.25, 0.3) is 5.91 Å². The molecule has 0 spiro atoms. The lowest BCUT2D eigenvalue weighted by Crippen LogP contribution is -2.23. The Morgan fingerprint density at radius 2 is 1.83 bits per heavy atom. The minimum absolute atomic E-state index is 0.194. The van der Waals surface area contributed by atoms with Crippen LogP contribution in [0.2, 0.25) is 5.02 Å². The van der Waals surface area contributed by atoms with Crippen LogP contribution in [0, 0.1) is 0 Å². The molecule has 0 fully saturated rings. The smallest absolute Gasteiger partial charge is 0.269 e. The van der Waals surface area contributed by atoms with Crippen molar-refractivity contribution < 1.29 is 4.79 Å². The van der Waals surface area contributed by atoms with Crippen molar-refractivity contribution in [2.45, 2.75) is 6.54 Å². The van der Waals surface area contributed by atoms with Crippen molar-refractivity contribution in [3.05, 3.63) is 75.4 Å². The van der Waals surface area contributed by atoms with Crippen LogP contribution < -0.4 is 5.32 Å². The SMILES string of the molecule is O=C(NCc1ccc(Br)cc1)c1cc(-c2ccc(Cl)cc2)n[nH]1. The summed E-state index contributed by atoms with van der Waals surface area (Å²) in [5.74, 6) is -0.194.